The van der Waals surface area contributed by atoms with Gasteiger partial charge in [0.05, 0.1) is 6.61 Å². The highest BCUT2D eigenvalue weighted by Crippen LogP contribution is 2.27. The first-order valence-corrected chi connectivity index (χ1v) is 6.53. The first-order valence-electron chi connectivity index (χ1n) is 5.65. The standard InChI is InChI=1S/C10H18N4OS/c1-8-12-13-10(14(8)5-4-11)16-9-3-2-6-15-7-9/h9H,2-7,11H2,1H3. The molecule has 0 aromatic carbocycles. The number of rotatable bonds is 4. The van der Waals surface area contributed by atoms with Gasteiger partial charge in [-0.1, -0.05) is 11.8 Å². The summed E-state index contributed by atoms with van der Waals surface area (Å²) in [5.41, 5.74) is 5.58. The number of nitrogens with zero attached hydrogens (tertiary/aromatic N) is 3. The molecule has 0 saturated carbocycles. The summed E-state index contributed by atoms with van der Waals surface area (Å²) in [4.78, 5) is 0. The number of aromatic nitrogens is 3. The zero-order chi connectivity index (χ0) is 11.4. The Labute approximate surface area is 99.7 Å². The van der Waals surface area contributed by atoms with Crippen LogP contribution in [0.5, 0.6) is 0 Å². The zero-order valence-electron chi connectivity index (χ0n) is 9.56. The second kappa shape index (κ2) is 5.65. The minimum Gasteiger partial charge on any atom is -0.380 e. The predicted molar refractivity (Wildman–Crippen MR) is 63.5 cm³/mol. The molecule has 6 heteroatoms. The molecule has 0 aliphatic carbocycles. The van der Waals surface area contributed by atoms with Gasteiger partial charge in [0, 0.05) is 24.9 Å². The number of hydrogen-bond donors (Lipinski definition) is 1. The van der Waals surface area contributed by atoms with Crippen molar-refractivity contribution in [3.63, 3.8) is 0 Å². The van der Waals surface area contributed by atoms with E-state index in [-0.39, 0.29) is 0 Å². The Bertz CT molecular complexity index is 336. The summed E-state index contributed by atoms with van der Waals surface area (Å²) < 4.78 is 7.54. The lowest BCUT2D eigenvalue weighted by Gasteiger charge is -2.21. The van der Waals surface area contributed by atoms with E-state index >= 15 is 0 Å². The molecule has 1 saturated heterocycles. The fourth-order valence-corrected chi connectivity index (χ4v) is 2.97. The summed E-state index contributed by atoms with van der Waals surface area (Å²) in [6.07, 6.45) is 2.33. The van der Waals surface area contributed by atoms with Crippen molar-refractivity contribution in [2.45, 2.75) is 36.7 Å². The van der Waals surface area contributed by atoms with E-state index in [4.69, 9.17) is 10.5 Å². The summed E-state index contributed by atoms with van der Waals surface area (Å²) in [6, 6.07) is 0. The third kappa shape index (κ3) is 2.75. The fraction of sp³-hybridized carbons (Fsp3) is 0.800. The summed E-state index contributed by atoms with van der Waals surface area (Å²) in [7, 11) is 0. The number of aryl methyl sites for hydroxylation is 1. The zero-order valence-corrected chi connectivity index (χ0v) is 10.4. The van der Waals surface area contributed by atoms with Crippen molar-refractivity contribution in [1.82, 2.24) is 14.8 Å². The van der Waals surface area contributed by atoms with Crippen LogP contribution in [-0.2, 0) is 11.3 Å². The van der Waals surface area contributed by atoms with E-state index in [9.17, 15) is 0 Å². The molecule has 1 atom stereocenters. The largest absolute Gasteiger partial charge is 0.380 e. The van der Waals surface area contributed by atoms with E-state index in [1.807, 2.05) is 6.92 Å². The highest BCUT2D eigenvalue weighted by atomic mass is 32.2. The molecule has 16 heavy (non-hydrogen) atoms. The molecule has 2 rings (SSSR count). The van der Waals surface area contributed by atoms with Gasteiger partial charge in [-0.15, -0.1) is 10.2 Å². The maximum Gasteiger partial charge on any atom is 0.191 e. The molecule has 0 spiro atoms. The van der Waals surface area contributed by atoms with Gasteiger partial charge in [-0.3, -0.25) is 0 Å². The molecule has 1 unspecified atom stereocenters. The van der Waals surface area contributed by atoms with Gasteiger partial charge in [0.2, 0.25) is 0 Å². The Hall–Kier alpha value is -0.590. The van der Waals surface area contributed by atoms with Crippen LogP contribution >= 0.6 is 11.8 Å². The molecular formula is C10H18N4OS. The Kier molecular flexibility index (Phi) is 4.20. The van der Waals surface area contributed by atoms with Crippen molar-refractivity contribution in [3.05, 3.63) is 5.82 Å². The Morgan fingerprint density at radius 2 is 2.44 bits per heavy atom. The fourth-order valence-electron chi connectivity index (χ4n) is 1.79. The molecule has 1 aromatic heterocycles. The second-order valence-corrected chi connectivity index (χ2v) is 5.19. The average Bonchev–Trinajstić information content (AvgIpc) is 2.64. The van der Waals surface area contributed by atoms with E-state index < -0.39 is 0 Å². The van der Waals surface area contributed by atoms with Crippen LogP contribution in [0, 0.1) is 6.92 Å². The van der Waals surface area contributed by atoms with Crippen LogP contribution in [0.3, 0.4) is 0 Å². The molecule has 5 nitrogen and oxygen atoms in total. The van der Waals surface area contributed by atoms with E-state index in [1.54, 1.807) is 11.8 Å². The van der Waals surface area contributed by atoms with Crippen molar-refractivity contribution >= 4 is 11.8 Å². The smallest absolute Gasteiger partial charge is 0.191 e. The lowest BCUT2D eigenvalue weighted by molar-refractivity contribution is 0.101. The highest BCUT2D eigenvalue weighted by Gasteiger charge is 2.19. The molecule has 90 valence electrons. The average molecular weight is 242 g/mol. The van der Waals surface area contributed by atoms with Crippen LogP contribution < -0.4 is 5.73 Å². The molecule has 0 radical (unpaired) electrons. The van der Waals surface area contributed by atoms with Crippen LogP contribution in [0.1, 0.15) is 18.7 Å². The lowest BCUT2D eigenvalue weighted by atomic mass is 10.2. The Morgan fingerprint density at radius 3 is 3.12 bits per heavy atom. The molecule has 1 aromatic rings. The van der Waals surface area contributed by atoms with Gasteiger partial charge in [-0.2, -0.15) is 0 Å². The van der Waals surface area contributed by atoms with Crippen LogP contribution in [0.15, 0.2) is 5.16 Å². The molecule has 0 bridgehead atoms. The molecule has 1 aliphatic rings. The van der Waals surface area contributed by atoms with E-state index in [0.717, 1.165) is 37.2 Å². The predicted octanol–water partition coefficient (Wildman–Crippen LogP) is 0.816. The van der Waals surface area contributed by atoms with E-state index in [0.29, 0.717) is 11.8 Å². The van der Waals surface area contributed by atoms with Crippen LogP contribution in [0.4, 0.5) is 0 Å². The summed E-state index contributed by atoms with van der Waals surface area (Å²) in [6.45, 7) is 5.08. The van der Waals surface area contributed by atoms with Crippen molar-refractivity contribution in [2.24, 2.45) is 5.73 Å². The van der Waals surface area contributed by atoms with Crippen LogP contribution in [0.2, 0.25) is 0 Å². The third-order valence-corrected chi connectivity index (χ3v) is 3.86. The normalized spacial score (nSPS) is 21.2. The monoisotopic (exact) mass is 242 g/mol. The minimum absolute atomic E-state index is 0.508. The number of hydrogen-bond acceptors (Lipinski definition) is 5. The lowest BCUT2D eigenvalue weighted by Crippen LogP contribution is -2.20. The van der Waals surface area contributed by atoms with Crippen molar-refractivity contribution in [1.29, 1.82) is 0 Å². The van der Waals surface area contributed by atoms with E-state index in [2.05, 4.69) is 14.8 Å². The Balaban J connectivity index is 2.02. The summed E-state index contributed by atoms with van der Waals surface area (Å²) in [5, 5.41) is 9.77. The van der Waals surface area contributed by atoms with Gasteiger partial charge in [-0.05, 0) is 19.8 Å². The second-order valence-electron chi connectivity index (χ2n) is 3.93. The van der Waals surface area contributed by atoms with Crippen molar-refractivity contribution in [2.75, 3.05) is 19.8 Å². The van der Waals surface area contributed by atoms with Gasteiger partial charge in [-0.25, -0.2) is 0 Å². The first kappa shape index (κ1) is 11.9. The van der Waals surface area contributed by atoms with Gasteiger partial charge >= 0.3 is 0 Å². The van der Waals surface area contributed by atoms with Gasteiger partial charge < -0.3 is 15.0 Å². The van der Waals surface area contributed by atoms with Gasteiger partial charge in [0.1, 0.15) is 5.82 Å². The van der Waals surface area contributed by atoms with Crippen LogP contribution in [-0.4, -0.2) is 39.8 Å². The quantitative estimate of drug-likeness (QED) is 0.846. The van der Waals surface area contributed by atoms with Gasteiger partial charge in [0.15, 0.2) is 5.16 Å². The van der Waals surface area contributed by atoms with Crippen molar-refractivity contribution < 1.29 is 4.74 Å². The highest BCUT2D eigenvalue weighted by molar-refractivity contribution is 7.99. The Morgan fingerprint density at radius 1 is 1.56 bits per heavy atom. The maximum absolute atomic E-state index is 5.58. The van der Waals surface area contributed by atoms with Crippen LogP contribution in [0.25, 0.3) is 0 Å². The van der Waals surface area contributed by atoms with E-state index in [1.165, 1.54) is 6.42 Å². The summed E-state index contributed by atoms with van der Waals surface area (Å²) >= 11 is 1.76. The molecule has 0 amide bonds. The van der Waals surface area contributed by atoms with Gasteiger partial charge in [0.25, 0.3) is 0 Å². The molecule has 2 heterocycles. The number of nitrogens with two attached hydrogens (primary N) is 1. The topological polar surface area (TPSA) is 66.0 Å². The SMILES string of the molecule is Cc1nnc(SC2CCCOC2)n1CCN. The molecule has 1 fully saturated rings. The number of ether oxygens (including phenoxy) is 1. The number of thioether (sulfide) groups is 1. The maximum atomic E-state index is 5.58. The van der Waals surface area contributed by atoms with Crippen molar-refractivity contribution in [3.8, 4) is 0 Å². The molecular weight excluding hydrogens is 224 g/mol. The summed E-state index contributed by atoms with van der Waals surface area (Å²) in [5.74, 6) is 0.935. The first-order chi connectivity index (χ1) is 7.81. The third-order valence-electron chi connectivity index (χ3n) is 2.65. The minimum atomic E-state index is 0.508. The molecule has 2 N–H and O–H groups in total. The molecule has 1 aliphatic heterocycles.